The van der Waals surface area contributed by atoms with Crippen LogP contribution in [0.1, 0.15) is 29.3 Å². The molecule has 1 amide bonds. The number of hydrogen-bond acceptors (Lipinski definition) is 3. The first-order valence-electron chi connectivity index (χ1n) is 9.31. The molecule has 2 aromatic rings. The second-order valence-corrected chi connectivity index (χ2v) is 6.54. The number of benzene rings is 2. The van der Waals surface area contributed by atoms with E-state index in [2.05, 4.69) is 23.5 Å². The summed E-state index contributed by atoms with van der Waals surface area (Å²) < 4.78 is 5.05. The lowest BCUT2D eigenvalue weighted by molar-refractivity contribution is -0.886. The lowest BCUT2D eigenvalue weighted by atomic mass is 10.00. The van der Waals surface area contributed by atoms with Crippen molar-refractivity contribution in [1.29, 1.82) is 0 Å². The van der Waals surface area contributed by atoms with Crippen LogP contribution in [0.25, 0.3) is 5.57 Å². The molecule has 3 rings (SSSR count). The number of carbonyl (C=O) groups excluding carboxylic acids is 2. The first-order valence-corrected chi connectivity index (χ1v) is 9.31. The van der Waals surface area contributed by atoms with Gasteiger partial charge in [0.1, 0.15) is 0 Å². The molecule has 140 valence electrons. The maximum absolute atomic E-state index is 12.5. The number of carbonyl (C=O) groups is 2. The van der Waals surface area contributed by atoms with Gasteiger partial charge in [-0.1, -0.05) is 42.5 Å². The van der Waals surface area contributed by atoms with Crippen LogP contribution in [0.3, 0.4) is 0 Å². The van der Waals surface area contributed by atoms with Crippen LogP contribution in [-0.2, 0) is 9.53 Å². The van der Waals surface area contributed by atoms with Crippen molar-refractivity contribution in [1.82, 2.24) is 0 Å². The molecule has 27 heavy (non-hydrogen) atoms. The van der Waals surface area contributed by atoms with Crippen molar-refractivity contribution in [2.45, 2.75) is 13.3 Å². The van der Waals surface area contributed by atoms with E-state index in [-0.39, 0.29) is 5.91 Å². The minimum Gasteiger partial charge on any atom is -0.462 e. The first-order chi connectivity index (χ1) is 13.2. The van der Waals surface area contributed by atoms with Crippen LogP contribution in [0.2, 0.25) is 0 Å². The molecule has 2 aromatic carbocycles. The number of hydrogen-bond donors (Lipinski definition) is 2. The molecule has 0 aromatic heterocycles. The summed E-state index contributed by atoms with van der Waals surface area (Å²) >= 11 is 0. The van der Waals surface area contributed by atoms with Crippen molar-refractivity contribution in [3.8, 4) is 0 Å². The van der Waals surface area contributed by atoms with Crippen LogP contribution in [0.15, 0.2) is 60.7 Å². The maximum atomic E-state index is 12.5. The lowest BCUT2D eigenvalue weighted by Crippen LogP contribution is -3.13. The molecular weight excluding hydrogens is 340 g/mol. The molecule has 1 unspecified atom stereocenters. The molecule has 5 heteroatoms. The normalized spacial score (nSPS) is 16.3. The highest BCUT2D eigenvalue weighted by Crippen LogP contribution is 2.18. The van der Waals surface area contributed by atoms with E-state index in [4.69, 9.17) is 4.74 Å². The monoisotopic (exact) mass is 365 g/mol. The third kappa shape index (κ3) is 5.05. The van der Waals surface area contributed by atoms with Crippen molar-refractivity contribution in [2.24, 2.45) is 0 Å². The van der Waals surface area contributed by atoms with Crippen LogP contribution in [0.5, 0.6) is 0 Å². The number of esters is 1. The van der Waals surface area contributed by atoms with Crippen molar-refractivity contribution in [3.05, 3.63) is 71.8 Å². The molecule has 1 heterocycles. The van der Waals surface area contributed by atoms with E-state index in [1.807, 2.05) is 18.2 Å². The summed E-state index contributed by atoms with van der Waals surface area (Å²) in [6.45, 7) is 4.16. The highest BCUT2D eigenvalue weighted by Gasteiger charge is 2.20. The molecule has 0 radical (unpaired) electrons. The summed E-state index contributed by atoms with van der Waals surface area (Å²) in [7, 11) is 0. The van der Waals surface area contributed by atoms with Gasteiger partial charge in [-0.05, 0) is 36.3 Å². The van der Waals surface area contributed by atoms with Gasteiger partial charge in [0, 0.05) is 6.42 Å². The first kappa shape index (κ1) is 18.9. The predicted octanol–water partition coefficient (Wildman–Crippen LogP) is 2.17. The second kappa shape index (κ2) is 9.14. The van der Waals surface area contributed by atoms with Crippen LogP contribution >= 0.6 is 0 Å². The molecule has 1 atom stereocenters. The zero-order valence-electron chi connectivity index (χ0n) is 15.5. The van der Waals surface area contributed by atoms with Crippen LogP contribution in [0.4, 0.5) is 5.69 Å². The number of ether oxygens (including phenoxy) is 1. The van der Waals surface area contributed by atoms with E-state index in [0.29, 0.717) is 24.4 Å². The molecule has 0 aliphatic carbocycles. The third-order valence-corrected chi connectivity index (χ3v) is 4.64. The van der Waals surface area contributed by atoms with Gasteiger partial charge in [0.15, 0.2) is 6.54 Å². The Bertz CT molecular complexity index is 830. The Morgan fingerprint density at radius 2 is 1.81 bits per heavy atom. The van der Waals surface area contributed by atoms with Gasteiger partial charge in [-0.25, -0.2) is 4.79 Å². The SMILES string of the molecule is CCOC(=O)c1ccccc1NC(=O)C[NH+]1CC=C(c2ccccc2)CC1. The summed E-state index contributed by atoms with van der Waals surface area (Å²) in [6, 6.07) is 17.3. The Balaban J connectivity index is 1.58. The molecule has 2 N–H and O–H groups in total. The van der Waals surface area contributed by atoms with E-state index in [0.717, 1.165) is 19.5 Å². The number of nitrogens with one attached hydrogen (secondary N) is 2. The third-order valence-electron chi connectivity index (χ3n) is 4.64. The smallest absolute Gasteiger partial charge is 0.340 e. The Hall–Kier alpha value is -2.92. The lowest BCUT2D eigenvalue weighted by Gasteiger charge is -2.23. The van der Waals surface area contributed by atoms with Gasteiger partial charge in [0.2, 0.25) is 0 Å². The maximum Gasteiger partial charge on any atom is 0.340 e. The molecule has 0 saturated heterocycles. The summed E-state index contributed by atoms with van der Waals surface area (Å²) in [5.41, 5.74) is 3.47. The number of amides is 1. The Morgan fingerprint density at radius 1 is 1.07 bits per heavy atom. The number of para-hydroxylation sites is 1. The minimum atomic E-state index is -0.422. The van der Waals surface area contributed by atoms with Crippen molar-refractivity contribution in [3.63, 3.8) is 0 Å². The molecule has 0 saturated carbocycles. The average Bonchev–Trinajstić information content (AvgIpc) is 2.70. The Labute approximate surface area is 159 Å². The molecular formula is C22H25N2O3+. The number of rotatable bonds is 6. The van der Waals surface area contributed by atoms with Crippen LogP contribution < -0.4 is 10.2 Å². The molecule has 0 spiro atoms. The fourth-order valence-corrected chi connectivity index (χ4v) is 3.26. The largest absolute Gasteiger partial charge is 0.462 e. The van der Waals surface area contributed by atoms with Gasteiger partial charge < -0.3 is 15.0 Å². The fourth-order valence-electron chi connectivity index (χ4n) is 3.26. The van der Waals surface area contributed by atoms with Crippen LogP contribution in [0, 0.1) is 0 Å². The van der Waals surface area contributed by atoms with E-state index >= 15 is 0 Å². The van der Waals surface area contributed by atoms with Gasteiger partial charge in [0.05, 0.1) is 30.9 Å². The predicted molar refractivity (Wildman–Crippen MR) is 106 cm³/mol. The van der Waals surface area contributed by atoms with Gasteiger partial charge in [-0.3, -0.25) is 4.79 Å². The minimum absolute atomic E-state index is 0.0988. The number of anilines is 1. The molecule has 1 aliphatic heterocycles. The zero-order valence-corrected chi connectivity index (χ0v) is 15.5. The molecule has 0 fully saturated rings. The topological polar surface area (TPSA) is 59.8 Å². The highest BCUT2D eigenvalue weighted by molar-refractivity contribution is 6.01. The molecule has 5 nitrogen and oxygen atoms in total. The summed E-state index contributed by atoms with van der Waals surface area (Å²) in [4.78, 5) is 25.7. The average molecular weight is 365 g/mol. The highest BCUT2D eigenvalue weighted by atomic mass is 16.5. The van der Waals surface area contributed by atoms with E-state index in [1.54, 1.807) is 31.2 Å². The quantitative estimate of drug-likeness (QED) is 0.772. The fraction of sp³-hybridized carbons (Fsp3) is 0.273. The summed E-state index contributed by atoms with van der Waals surface area (Å²) in [6.07, 6.45) is 3.17. The van der Waals surface area contributed by atoms with Gasteiger partial charge in [-0.2, -0.15) is 0 Å². The molecule has 0 bridgehead atoms. The van der Waals surface area contributed by atoms with E-state index in [9.17, 15) is 9.59 Å². The van der Waals surface area contributed by atoms with Gasteiger partial charge in [-0.15, -0.1) is 0 Å². The Morgan fingerprint density at radius 3 is 2.52 bits per heavy atom. The van der Waals surface area contributed by atoms with E-state index in [1.165, 1.54) is 16.0 Å². The second-order valence-electron chi connectivity index (χ2n) is 6.54. The van der Waals surface area contributed by atoms with Crippen molar-refractivity contribution in [2.75, 3.05) is 31.6 Å². The van der Waals surface area contributed by atoms with Crippen molar-refractivity contribution >= 4 is 23.1 Å². The van der Waals surface area contributed by atoms with Crippen LogP contribution in [-0.4, -0.2) is 38.1 Å². The van der Waals surface area contributed by atoms with Gasteiger partial charge in [0.25, 0.3) is 5.91 Å². The summed E-state index contributed by atoms with van der Waals surface area (Å²) in [5, 5.41) is 2.86. The Kier molecular flexibility index (Phi) is 6.39. The molecule has 1 aliphatic rings. The zero-order chi connectivity index (χ0) is 19.1. The van der Waals surface area contributed by atoms with Crippen molar-refractivity contribution < 1.29 is 19.2 Å². The summed E-state index contributed by atoms with van der Waals surface area (Å²) in [5.74, 6) is -0.521. The number of quaternary nitrogens is 1. The van der Waals surface area contributed by atoms with Gasteiger partial charge >= 0.3 is 5.97 Å². The standard InChI is InChI=1S/C22H24N2O3/c1-2-27-22(26)19-10-6-7-11-20(19)23-21(25)16-24-14-12-18(13-15-24)17-8-4-3-5-9-17/h3-12H,2,13-16H2,1H3,(H,23,25)/p+1. The van der Waals surface area contributed by atoms with E-state index < -0.39 is 5.97 Å².